The van der Waals surface area contributed by atoms with E-state index in [1.807, 2.05) is 0 Å². The van der Waals surface area contributed by atoms with Crippen LogP contribution in [0.15, 0.2) is 45.3 Å². The van der Waals surface area contributed by atoms with Gasteiger partial charge in [0.2, 0.25) is 0 Å². The second-order valence-corrected chi connectivity index (χ2v) is 6.61. The van der Waals surface area contributed by atoms with Crippen molar-refractivity contribution in [3.63, 3.8) is 0 Å². The first-order valence-corrected chi connectivity index (χ1v) is 6.43. The van der Waals surface area contributed by atoms with E-state index >= 15 is 0 Å². The topological polar surface area (TPSA) is 0 Å². The van der Waals surface area contributed by atoms with E-state index in [0.29, 0.717) is 0 Å². The molecule has 0 aromatic carbocycles. The first kappa shape index (κ1) is 10.1. The van der Waals surface area contributed by atoms with Gasteiger partial charge in [-0.05, 0) is 0 Å². The van der Waals surface area contributed by atoms with Gasteiger partial charge in [-0.3, -0.25) is 0 Å². The molecule has 0 spiro atoms. The molecule has 2 aliphatic carbocycles. The Kier molecular flexibility index (Phi) is 4.16. The van der Waals surface area contributed by atoms with Crippen molar-refractivity contribution in [1.82, 2.24) is 0 Å². The third-order valence-electron chi connectivity index (χ3n) is 1.97. The van der Waals surface area contributed by atoms with Crippen LogP contribution in [0, 0.1) is 0 Å². The molecule has 0 fully saturated rings. The molecule has 0 nitrogen and oxygen atoms in total. The molecule has 0 bridgehead atoms. The number of rotatable bonds is 2. The van der Waals surface area contributed by atoms with E-state index in [1.165, 1.54) is 12.8 Å². The molecule has 2 rings (SSSR count). The van der Waals surface area contributed by atoms with Crippen LogP contribution in [0.2, 0.25) is 0 Å². The third-order valence-corrected chi connectivity index (χ3v) is 5.32. The number of hydrogen-bond donors (Lipinski definition) is 0. The van der Waals surface area contributed by atoms with E-state index in [-0.39, 0.29) is 33.0 Å². The summed E-state index contributed by atoms with van der Waals surface area (Å²) in [4.78, 5) is 0. The molecular weight excluding hydrogens is 265 g/mol. The molecule has 2 aliphatic rings. The average molecular weight is 279 g/mol. The van der Waals surface area contributed by atoms with Gasteiger partial charge in [-0.2, -0.15) is 0 Å². The number of hydrogen-bond acceptors (Lipinski definition) is 0. The average Bonchev–Trinajstić information content (AvgIpc) is 2.60. The molecule has 2 radical (unpaired) electrons. The Bertz CT molecular complexity index is 242. The molecule has 0 aliphatic heterocycles. The summed E-state index contributed by atoms with van der Waals surface area (Å²) in [5.41, 5.74) is 0. The molecule has 0 heterocycles. The second kappa shape index (κ2) is 4.92. The molecule has 0 atom stereocenters. The SMILES string of the molecule is C1=CC[C]([GeH][C]2=CC=CC2)=C1.[GeH3]. The van der Waals surface area contributed by atoms with Gasteiger partial charge in [0.05, 0.1) is 0 Å². The maximum atomic E-state index is 2.30. The van der Waals surface area contributed by atoms with E-state index in [1.54, 1.807) is 8.81 Å². The van der Waals surface area contributed by atoms with Crippen LogP contribution in [0.25, 0.3) is 0 Å². The predicted octanol–water partition coefficient (Wildman–Crippen LogP) is 0.927. The van der Waals surface area contributed by atoms with Crippen molar-refractivity contribution >= 4 is 33.0 Å². The molecule has 0 N–H and O–H groups in total. The Morgan fingerprint density at radius 3 is 1.75 bits per heavy atom. The van der Waals surface area contributed by atoms with Gasteiger partial charge in [0.15, 0.2) is 0 Å². The van der Waals surface area contributed by atoms with Gasteiger partial charge in [-0.1, -0.05) is 0 Å². The van der Waals surface area contributed by atoms with Crippen LogP contribution < -0.4 is 0 Å². The van der Waals surface area contributed by atoms with Crippen molar-refractivity contribution in [2.75, 3.05) is 0 Å². The summed E-state index contributed by atoms with van der Waals surface area (Å²) in [6, 6.07) is 0. The summed E-state index contributed by atoms with van der Waals surface area (Å²) in [6.45, 7) is 0. The van der Waals surface area contributed by atoms with E-state index < -0.39 is 0 Å². The normalized spacial score (nSPS) is 19.0. The Morgan fingerprint density at radius 2 is 1.42 bits per heavy atom. The Morgan fingerprint density at radius 1 is 0.917 bits per heavy atom. The van der Waals surface area contributed by atoms with Crippen molar-refractivity contribution in [3.05, 3.63) is 45.3 Å². The Labute approximate surface area is 90.9 Å². The van der Waals surface area contributed by atoms with Gasteiger partial charge in [0, 0.05) is 0 Å². The second-order valence-electron chi connectivity index (χ2n) is 2.89. The molecule has 0 amide bonds. The zero-order valence-corrected chi connectivity index (χ0v) is 14.1. The van der Waals surface area contributed by atoms with E-state index in [2.05, 4.69) is 36.5 Å². The molecule has 62 valence electrons. The van der Waals surface area contributed by atoms with Gasteiger partial charge in [-0.15, -0.1) is 0 Å². The predicted molar refractivity (Wildman–Crippen MR) is 60.8 cm³/mol. The van der Waals surface area contributed by atoms with Crippen LogP contribution in [-0.2, 0) is 0 Å². The van der Waals surface area contributed by atoms with Crippen LogP contribution in [-0.4, -0.2) is 33.0 Å². The van der Waals surface area contributed by atoms with Crippen molar-refractivity contribution in [1.29, 1.82) is 0 Å². The minimum absolute atomic E-state index is 0. The van der Waals surface area contributed by atoms with Crippen molar-refractivity contribution in [2.24, 2.45) is 0 Å². The Hall–Kier alpha value is 0.0457. The summed E-state index contributed by atoms with van der Waals surface area (Å²) in [5, 5.41) is 0. The molecule has 0 saturated carbocycles. The number of allylic oxidation sites excluding steroid dienone is 8. The van der Waals surface area contributed by atoms with Crippen molar-refractivity contribution in [2.45, 2.75) is 12.8 Å². The molecule has 0 aromatic heterocycles. The van der Waals surface area contributed by atoms with Gasteiger partial charge >= 0.3 is 91.1 Å². The van der Waals surface area contributed by atoms with Crippen LogP contribution in [0.3, 0.4) is 0 Å². The molecule has 2 heteroatoms. The van der Waals surface area contributed by atoms with Crippen LogP contribution in [0.5, 0.6) is 0 Å². The summed E-state index contributed by atoms with van der Waals surface area (Å²) in [6.07, 6.45) is 16.0. The fourth-order valence-corrected chi connectivity index (χ4v) is 4.31. The van der Waals surface area contributed by atoms with Crippen molar-refractivity contribution < 1.29 is 0 Å². The van der Waals surface area contributed by atoms with Crippen LogP contribution in [0.4, 0.5) is 0 Å². The van der Waals surface area contributed by atoms with Crippen molar-refractivity contribution in [3.8, 4) is 0 Å². The first-order valence-electron chi connectivity index (χ1n) is 4.01. The molecular formula is C10H14Ge2. The van der Waals surface area contributed by atoms with E-state index in [4.69, 9.17) is 0 Å². The fraction of sp³-hybridized carbons (Fsp3) is 0.200. The zero-order chi connectivity index (χ0) is 7.52. The summed E-state index contributed by atoms with van der Waals surface area (Å²) in [7, 11) is 0. The van der Waals surface area contributed by atoms with Gasteiger partial charge in [0.1, 0.15) is 0 Å². The fourth-order valence-electron chi connectivity index (χ4n) is 1.38. The summed E-state index contributed by atoms with van der Waals surface area (Å²) >= 11 is -0.191. The van der Waals surface area contributed by atoms with Gasteiger partial charge in [0.25, 0.3) is 0 Å². The summed E-state index contributed by atoms with van der Waals surface area (Å²) in [5.74, 6) is 0. The maximum absolute atomic E-state index is 2.30. The minimum atomic E-state index is -0.191. The van der Waals surface area contributed by atoms with E-state index in [9.17, 15) is 0 Å². The standard InChI is InChI=1S/C10H11Ge.GeH3/c1-2-6-9(5-1)11-10-7-3-4-8-10;/h1-5,7,11H,6,8H2;1H3. The monoisotopic (exact) mass is 282 g/mol. The first-order chi connectivity index (χ1) is 5.45. The molecule has 12 heavy (non-hydrogen) atoms. The summed E-state index contributed by atoms with van der Waals surface area (Å²) < 4.78 is 3.42. The molecule has 0 unspecified atom stereocenters. The van der Waals surface area contributed by atoms with Crippen LogP contribution >= 0.6 is 0 Å². The Balaban J connectivity index is 0.000000720. The molecule has 0 aromatic rings. The molecule has 0 saturated heterocycles. The van der Waals surface area contributed by atoms with E-state index in [0.717, 1.165) is 0 Å². The van der Waals surface area contributed by atoms with Gasteiger partial charge < -0.3 is 0 Å². The van der Waals surface area contributed by atoms with Gasteiger partial charge in [-0.25, -0.2) is 0 Å². The zero-order valence-electron chi connectivity index (χ0n) is 7.46. The quantitative estimate of drug-likeness (QED) is 0.660. The third kappa shape index (κ3) is 2.52. The van der Waals surface area contributed by atoms with Crippen LogP contribution in [0.1, 0.15) is 12.8 Å².